The van der Waals surface area contributed by atoms with Gasteiger partial charge in [0.15, 0.2) is 0 Å². The molecule has 47 heavy (non-hydrogen) atoms. The van der Waals surface area contributed by atoms with Crippen molar-refractivity contribution in [3.05, 3.63) is 140 Å². The molecule has 0 aliphatic rings. The van der Waals surface area contributed by atoms with Gasteiger partial charge in [-0.1, -0.05) is 103 Å². The Labute approximate surface area is 276 Å². The number of nitrogens with zero attached hydrogens (tertiary/aromatic N) is 1. The molecule has 0 amide bonds. The third kappa shape index (κ3) is 3.57. The molecule has 0 spiro atoms. The lowest BCUT2D eigenvalue weighted by molar-refractivity contribution is 0.673. The summed E-state index contributed by atoms with van der Waals surface area (Å²) in [6.45, 7) is 0. The van der Waals surface area contributed by atoms with Crippen molar-refractivity contribution >= 4 is 107 Å². The molecule has 0 unspecified atom stereocenters. The van der Waals surface area contributed by atoms with E-state index in [1.54, 1.807) is 0 Å². The van der Waals surface area contributed by atoms with Gasteiger partial charge in [0, 0.05) is 78.4 Å². The van der Waals surface area contributed by atoms with E-state index in [2.05, 4.69) is 133 Å². The van der Waals surface area contributed by atoms with Crippen molar-refractivity contribution in [3.8, 4) is 22.4 Å². The van der Waals surface area contributed by atoms with Crippen LogP contribution in [-0.4, -0.2) is 4.98 Å². The van der Waals surface area contributed by atoms with Crippen LogP contribution >= 0.6 is 22.7 Å². The molecule has 0 radical (unpaired) electrons. The third-order valence-electron chi connectivity index (χ3n) is 9.67. The number of thiophene rings is 2. The predicted molar refractivity (Wildman–Crippen MR) is 203 cm³/mol. The molecule has 218 valence electrons. The van der Waals surface area contributed by atoms with Crippen LogP contribution in [0.1, 0.15) is 0 Å². The zero-order valence-electron chi connectivity index (χ0n) is 25.0. The Morgan fingerprint density at radius 2 is 1.02 bits per heavy atom. The zero-order valence-corrected chi connectivity index (χ0v) is 26.6. The maximum absolute atomic E-state index is 6.55. The van der Waals surface area contributed by atoms with Crippen LogP contribution in [0.25, 0.3) is 106 Å². The molecular formula is C43H23NOS2. The van der Waals surface area contributed by atoms with E-state index >= 15 is 0 Å². The molecule has 7 aromatic carbocycles. The number of aromatic nitrogens is 1. The number of fused-ring (bicyclic) bond motifs is 13. The van der Waals surface area contributed by atoms with E-state index in [0.29, 0.717) is 0 Å². The second kappa shape index (κ2) is 9.49. The molecule has 0 saturated heterocycles. The summed E-state index contributed by atoms with van der Waals surface area (Å²) in [5, 5.41) is 10.9. The second-order valence-electron chi connectivity index (χ2n) is 12.2. The van der Waals surface area contributed by atoms with Gasteiger partial charge in [0.1, 0.15) is 11.2 Å². The number of hydrogen-bond acceptors (Lipinski definition) is 4. The van der Waals surface area contributed by atoms with Crippen LogP contribution in [0.2, 0.25) is 0 Å². The van der Waals surface area contributed by atoms with Gasteiger partial charge in [0.2, 0.25) is 0 Å². The van der Waals surface area contributed by atoms with E-state index in [9.17, 15) is 0 Å². The van der Waals surface area contributed by atoms with Crippen LogP contribution < -0.4 is 0 Å². The predicted octanol–water partition coefficient (Wildman–Crippen LogP) is 13.4. The molecule has 0 aliphatic heterocycles. The number of para-hydroxylation sites is 2. The van der Waals surface area contributed by atoms with Gasteiger partial charge in [-0.15, -0.1) is 22.7 Å². The van der Waals surface area contributed by atoms with Crippen molar-refractivity contribution in [2.45, 2.75) is 0 Å². The fourth-order valence-corrected chi connectivity index (χ4v) is 10.1. The Balaban J connectivity index is 1.17. The number of furan rings is 1. The van der Waals surface area contributed by atoms with Crippen molar-refractivity contribution in [1.82, 2.24) is 4.98 Å². The van der Waals surface area contributed by atoms with Gasteiger partial charge in [-0.3, -0.25) is 0 Å². The fraction of sp³-hybridized carbons (Fsp3) is 0. The van der Waals surface area contributed by atoms with Crippen molar-refractivity contribution in [2.24, 2.45) is 0 Å². The highest BCUT2D eigenvalue weighted by Crippen LogP contribution is 2.49. The number of benzene rings is 7. The van der Waals surface area contributed by atoms with Crippen molar-refractivity contribution < 1.29 is 4.42 Å². The maximum Gasteiger partial charge on any atom is 0.144 e. The zero-order chi connectivity index (χ0) is 30.6. The van der Waals surface area contributed by atoms with Crippen LogP contribution in [0.3, 0.4) is 0 Å². The van der Waals surface area contributed by atoms with Gasteiger partial charge in [-0.05, 0) is 42.0 Å². The molecule has 11 aromatic rings. The molecule has 11 rings (SSSR count). The average molecular weight is 634 g/mol. The quantitative estimate of drug-likeness (QED) is 0.177. The van der Waals surface area contributed by atoms with Gasteiger partial charge >= 0.3 is 0 Å². The van der Waals surface area contributed by atoms with Gasteiger partial charge in [-0.25, -0.2) is 4.98 Å². The summed E-state index contributed by atoms with van der Waals surface area (Å²) in [5.74, 6) is 0. The van der Waals surface area contributed by atoms with E-state index < -0.39 is 0 Å². The van der Waals surface area contributed by atoms with E-state index in [-0.39, 0.29) is 0 Å². The first kappa shape index (κ1) is 25.6. The smallest absolute Gasteiger partial charge is 0.144 e. The highest BCUT2D eigenvalue weighted by molar-refractivity contribution is 7.29. The molecule has 4 heteroatoms. The molecule has 4 aromatic heterocycles. The topological polar surface area (TPSA) is 26.0 Å². The summed E-state index contributed by atoms with van der Waals surface area (Å²) in [7, 11) is 0. The monoisotopic (exact) mass is 633 g/mol. The lowest BCUT2D eigenvalue weighted by Gasteiger charge is -2.12. The largest absolute Gasteiger partial charge is 0.455 e. The normalized spacial score (nSPS) is 12.3. The Kier molecular flexibility index (Phi) is 5.17. The minimum Gasteiger partial charge on any atom is -0.455 e. The van der Waals surface area contributed by atoms with Crippen LogP contribution in [-0.2, 0) is 0 Å². The van der Waals surface area contributed by atoms with Gasteiger partial charge in [0.05, 0.1) is 11.2 Å². The fourth-order valence-electron chi connectivity index (χ4n) is 7.53. The average Bonchev–Trinajstić information content (AvgIpc) is 3.81. The first-order chi connectivity index (χ1) is 23.3. The Hall–Kier alpha value is -5.55. The maximum atomic E-state index is 6.55. The lowest BCUT2D eigenvalue weighted by Crippen LogP contribution is -1.90. The van der Waals surface area contributed by atoms with E-state index in [0.717, 1.165) is 54.9 Å². The molecule has 2 nitrogen and oxygen atoms in total. The van der Waals surface area contributed by atoms with Crippen LogP contribution in [0.15, 0.2) is 144 Å². The number of pyridine rings is 1. The van der Waals surface area contributed by atoms with Crippen LogP contribution in [0.5, 0.6) is 0 Å². The molecule has 0 bridgehead atoms. The SMILES string of the molecule is c1ccc2c(c1)nc(-c1ccc(-c3c4sc5ccccc5c4cc4c3sc3ccccc34)cc1)c1ccc3c4ccccc4oc3c12. The van der Waals surface area contributed by atoms with Gasteiger partial charge < -0.3 is 4.42 Å². The third-order valence-corrected chi connectivity index (χ3v) is 12.1. The first-order valence-electron chi connectivity index (χ1n) is 15.8. The summed E-state index contributed by atoms with van der Waals surface area (Å²) in [6, 6.07) is 50.2. The number of rotatable bonds is 2. The lowest BCUT2D eigenvalue weighted by atomic mass is 9.95. The highest BCUT2D eigenvalue weighted by atomic mass is 32.1. The van der Waals surface area contributed by atoms with Crippen molar-refractivity contribution in [1.29, 1.82) is 0 Å². The Bertz CT molecular complexity index is 2980. The minimum atomic E-state index is 0.907. The summed E-state index contributed by atoms with van der Waals surface area (Å²) in [4.78, 5) is 5.26. The Morgan fingerprint density at radius 3 is 1.74 bits per heavy atom. The standard InChI is InChI=1S/C43H23NOS2/c1-5-13-34-30(12-1)39-31(22-21-29-26-9-2-6-14-35(26)45-41(29)39)40(44-34)25-19-17-24(18-20-25)38-42-32(27-10-3-7-15-36(27)46-42)23-33-28-11-4-8-16-37(28)47-43(33)38/h1-23H. The second-order valence-corrected chi connectivity index (χ2v) is 14.3. The van der Waals surface area contributed by atoms with Crippen LogP contribution in [0.4, 0.5) is 0 Å². The summed E-state index contributed by atoms with van der Waals surface area (Å²) in [6.07, 6.45) is 0. The summed E-state index contributed by atoms with van der Waals surface area (Å²) in [5.41, 5.74) is 7.41. The molecular weight excluding hydrogens is 611 g/mol. The van der Waals surface area contributed by atoms with Crippen LogP contribution in [0, 0.1) is 0 Å². The first-order valence-corrected chi connectivity index (χ1v) is 17.4. The number of hydrogen-bond donors (Lipinski definition) is 0. The molecule has 0 aliphatic carbocycles. The molecule has 0 fully saturated rings. The van der Waals surface area contributed by atoms with E-state index in [1.807, 2.05) is 28.7 Å². The highest BCUT2D eigenvalue weighted by Gasteiger charge is 2.20. The summed E-state index contributed by atoms with van der Waals surface area (Å²) < 4.78 is 11.9. The van der Waals surface area contributed by atoms with E-state index in [4.69, 9.17) is 9.40 Å². The molecule has 4 heterocycles. The molecule has 0 atom stereocenters. The van der Waals surface area contributed by atoms with Gasteiger partial charge in [0.25, 0.3) is 0 Å². The molecule has 0 saturated carbocycles. The molecule has 0 N–H and O–H groups in total. The Morgan fingerprint density at radius 1 is 0.447 bits per heavy atom. The minimum absolute atomic E-state index is 0.907. The summed E-state index contributed by atoms with van der Waals surface area (Å²) >= 11 is 3.80. The van der Waals surface area contributed by atoms with Gasteiger partial charge in [-0.2, -0.15) is 0 Å². The van der Waals surface area contributed by atoms with E-state index in [1.165, 1.54) is 51.5 Å². The van der Waals surface area contributed by atoms with Crippen molar-refractivity contribution in [3.63, 3.8) is 0 Å². The van der Waals surface area contributed by atoms with Crippen molar-refractivity contribution in [2.75, 3.05) is 0 Å².